The summed E-state index contributed by atoms with van der Waals surface area (Å²) in [4.78, 5) is 22.6. The Morgan fingerprint density at radius 3 is 2.50 bits per heavy atom. The molecule has 0 aromatic heterocycles. The zero-order valence-corrected chi connectivity index (χ0v) is 10.9. The molecule has 96 valence electrons. The molecule has 0 unspecified atom stereocenters. The van der Waals surface area contributed by atoms with Gasteiger partial charge >= 0.3 is 5.97 Å². The lowest BCUT2D eigenvalue weighted by molar-refractivity contribution is -0.144. The summed E-state index contributed by atoms with van der Waals surface area (Å²) in [6, 6.07) is 6.37. The van der Waals surface area contributed by atoms with E-state index in [-0.39, 0.29) is 5.91 Å². The molecule has 0 spiro atoms. The number of hydrogen-bond acceptors (Lipinski definition) is 3. The van der Waals surface area contributed by atoms with Crippen molar-refractivity contribution in [2.75, 3.05) is 7.11 Å². The quantitative estimate of drug-likeness (QED) is 0.671. The van der Waals surface area contributed by atoms with Crippen molar-refractivity contribution >= 4 is 29.6 Å². The van der Waals surface area contributed by atoms with Gasteiger partial charge in [0, 0.05) is 11.1 Å². The second-order valence-electron chi connectivity index (χ2n) is 3.64. The van der Waals surface area contributed by atoms with Gasteiger partial charge in [0.1, 0.15) is 6.04 Å². The van der Waals surface area contributed by atoms with E-state index < -0.39 is 12.0 Å². The van der Waals surface area contributed by atoms with E-state index in [9.17, 15) is 9.59 Å². The average Bonchev–Trinajstić information content (AvgIpc) is 2.37. The Morgan fingerprint density at radius 1 is 1.33 bits per heavy atom. The Kier molecular flexibility index (Phi) is 5.39. The number of nitrogens with one attached hydrogen (secondary N) is 1. The molecule has 0 bridgehead atoms. The summed E-state index contributed by atoms with van der Waals surface area (Å²) in [5, 5.41) is 3.12. The van der Waals surface area contributed by atoms with Crippen molar-refractivity contribution in [3.8, 4) is 0 Å². The smallest absolute Gasteiger partial charge is 0.328 e. The highest BCUT2D eigenvalue weighted by Gasteiger charge is 2.13. The number of carbonyl (C=O) groups is 2. The Hall–Kier alpha value is -1.81. The first kappa shape index (κ1) is 14.3. The molecule has 0 radical (unpaired) electrons. The zero-order valence-electron chi connectivity index (χ0n) is 10.1. The lowest BCUT2D eigenvalue weighted by Gasteiger charge is -2.09. The van der Waals surface area contributed by atoms with Crippen LogP contribution >= 0.6 is 11.6 Å². The van der Waals surface area contributed by atoms with Crippen LogP contribution in [0.15, 0.2) is 30.3 Å². The summed E-state index contributed by atoms with van der Waals surface area (Å²) in [5.74, 6) is -0.842. The fourth-order valence-corrected chi connectivity index (χ4v) is 1.37. The van der Waals surface area contributed by atoms with Crippen molar-refractivity contribution < 1.29 is 14.3 Å². The first-order chi connectivity index (χ1) is 8.52. The number of amides is 1. The maximum Gasteiger partial charge on any atom is 0.328 e. The van der Waals surface area contributed by atoms with Gasteiger partial charge in [0.05, 0.1) is 7.11 Å². The molecule has 5 heteroatoms. The van der Waals surface area contributed by atoms with Gasteiger partial charge in [-0.25, -0.2) is 4.79 Å². The fourth-order valence-electron chi connectivity index (χ4n) is 1.24. The number of benzene rings is 1. The van der Waals surface area contributed by atoms with E-state index in [2.05, 4.69) is 10.1 Å². The highest BCUT2D eigenvalue weighted by atomic mass is 35.5. The largest absolute Gasteiger partial charge is 0.467 e. The molecule has 0 aliphatic carbocycles. The molecule has 1 rings (SSSR count). The highest BCUT2D eigenvalue weighted by molar-refractivity contribution is 6.30. The number of esters is 1. The average molecular weight is 268 g/mol. The monoisotopic (exact) mass is 267 g/mol. The van der Waals surface area contributed by atoms with E-state index in [0.717, 1.165) is 5.56 Å². The van der Waals surface area contributed by atoms with Gasteiger partial charge in [-0.3, -0.25) is 4.79 Å². The van der Waals surface area contributed by atoms with Gasteiger partial charge < -0.3 is 10.1 Å². The first-order valence-corrected chi connectivity index (χ1v) is 5.72. The van der Waals surface area contributed by atoms with Crippen LogP contribution in [-0.4, -0.2) is 25.0 Å². The van der Waals surface area contributed by atoms with E-state index in [1.165, 1.54) is 13.2 Å². The summed E-state index contributed by atoms with van der Waals surface area (Å²) in [7, 11) is 1.27. The second kappa shape index (κ2) is 6.81. The minimum Gasteiger partial charge on any atom is -0.467 e. The molecule has 1 amide bonds. The lowest BCUT2D eigenvalue weighted by Crippen LogP contribution is -2.38. The molecule has 4 nitrogen and oxygen atoms in total. The number of rotatable bonds is 4. The van der Waals surface area contributed by atoms with Gasteiger partial charge in [-0.2, -0.15) is 0 Å². The van der Waals surface area contributed by atoms with Gasteiger partial charge in [-0.15, -0.1) is 0 Å². The van der Waals surface area contributed by atoms with Crippen molar-refractivity contribution in [3.63, 3.8) is 0 Å². The number of methoxy groups -OCH3 is 1. The summed E-state index contributed by atoms with van der Waals surface area (Å²) in [6.07, 6.45) is 2.98. The molecule has 18 heavy (non-hydrogen) atoms. The van der Waals surface area contributed by atoms with Gasteiger partial charge in [0.15, 0.2) is 0 Å². The van der Waals surface area contributed by atoms with Crippen LogP contribution in [0.5, 0.6) is 0 Å². The SMILES string of the molecule is COC(=O)[C@@H](C)NC(=O)/C=C/c1ccc(Cl)cc1. The molecule has 0 heterocycles. The molecule has 1 aromatic carbocycles. The summed E-state index contributed by atoms with van der Waals surface area (Å²) < 4.78 is 4.50. The molecule has 0 saturated carbocycles. The molecule has 1 N–H and O–H groups in total. The standard InChI is InChI=1S/C13H14ClNO3/c1-9(13(17)18-2)15-12(16)8-5-10-3-6-11(14)7-4-10/h3-9H,1-2H3,(H,15,16)/b8-5+/t9-/m1/s1. The zero-order chi connectivity index (χ0) is 13.5. The molecule has 0 aliphatic heterocycles. The summed E-state index contributed by atoms with van der Waals surface area (Å²) in [6.45, 7) is 1.56. The van der Waals surface area contributed by atoms with Crippen LogP contribution in [0, 0.1) is 0 Å². The number of hydrogen-bond donors (Lipinski definition) is 1. The van der Waals surface area contributed by atoms with Gasteiger partial charge in [-0.1, -0.05) is 23.7 Å². The Morgan fingerprint density at radius 2 is 1.94 bits per heavy atom. The first-order valence-electron chi connectivity index (χ1n) is 5.35. The minimum atomic E-state index is -0.669. The third-order valence-corrected chi connectivity index (χ3v) is 2.46. The second-order valence-corrected chi connectivity index (χ2v) is 4.07. The maximum atomic E-state index is 11.5. The highest BCUT2D eigenvalue weighted by Crippen LogP contribution is 2.10. The maximum absolute atomic E-state index is 11.5. The van der Waals surface area contributed by atoms with Gasteiger partial charge in [0.25, 0.3) is 0 Å². The third-order valence-electron chi connectivity index (χ3n) is 2.21. The van der Waals surface area contributed by atoms with Crippen LogP contribution < -0.4 is 5.32 Å². The van der Waals surface area contributed by atoms with Crippen LogP contribution in [-0.2, 0) is 14.3 Å². The predicted octanol–water partition coefficient (Wildman–Crippen LogP) is 2.03. The van der Waals surface area contributed by atoms with Crippen molar-refractivity contribution in [1.29, 1.82) is 0 Å². The van der Waals surface area contributed by atoms with E-state index in [0.29, 0.717) is 5.02 Å². The molecule has 0 saturated heterocycles. The predicted molar refractivity (Wildman–Crippen MR) is 70.1 cm³/mol. The molecular formula is C13H14ClNO3. The molecule has 0 aliphatic rings. The van der Waals surface area contributed by atoms with Crippen LogP contribution in [0.2, 0.25) is 5.02 Å². The number of carbonyl (C=O) groups excluding carboxylic acids is 2. The van der Waals surface area contributed by atoms with E-state index in [1.807, 2.05) is 0 Å². The normalized spacial score (nSPS) is 12.2. The van der Waals surface area contributed by atoms with Crippen LogP contribution in [0.1, 0.15) is 12.5 Å². The van der Waals surface area contributed by atoms with Gasteiger partial charge in [0.2, 0.25) is 5.91 Å². The summed E-state index contributed by atoms with van der Waals surface area (Å²) >= 11 is 5.74. The topological polar surface area (TPSA) is 55.4 Å². The molecule has 0 fully saturated rings. The van der Waals surface area contributed by atoms with Crippen molar-refractivity contribution in [2.24, 2.45) is 0 Å². The van der Waals surface area contributed by atoms with Crippen molar-refractivity contribution in [3.05, 3.63) is 40.9 Å². The van der Waals surface area contributed by atoms with E-state index >= 15 is 0 Å². The van der Waals surface area contributed by atoms with E-state index in [1.54, 1.807) is 37.3 Å². The van der Waals surface area contributed by atoms with Crippen molar-refractivity contribution in [2.45, 2.75) is 13.0 Å². The van der Waals surface area contributed by atoms with Crippen molar-refractivity contribution in [1.82, 2.24) is 5.32 Å². The molecular weight excluding hydrogens is 254 g/mol. The van der Waals surface area contributed by atoms with Gasteiger partial charge in [-0.05, 0) is 30.7 Å². The number of halogens is 1. The molecule has 1 atom stereocenters. The third kappa shape index (κ3) is 4.59. The number of ether oxygens (including phenoxy) is 1. The Bertz CT molecular complexity index is 454. The Balaban J connectivity index is 2.54. The fraction of sp³-hybridized carbons (Fsp3) is 0.231. The lowest BCUT2D eigenvalue weighted by atomic mass is 10.2. The molecule has 1 aromatic rings. The van der Waals surface area contributed by atoms with Crippen LogP contribution in [0.25, 0.3) is 6.08 Å². The minimum absolute atomic E-state index is 0.358. The Labute approximate surface area is 111 Å². The summed E-state index contributed by atoms with van der Waals surface area (Å²) in [5.41, 5.74) is 0.847. The van der Waals surface area contributed by atoms with Crippen LogP contribution in [0.3, 0.4) is 0 Å². The van der Waals surface area contributed by atoms with E-state index in [4.69, 9.17) is 11.6 Å². The van der Waals surface area contributed by atoms with Crippen LogP contribution in [0.4, 0.5) is 0 Å².